The Kier molecular flexibility index (Phi) is 4.31. The second-order valence-electron chi connectivity index (χ2n) is 4.03. The van der Waals surface area contributed by atoms with E-state index in [4.69, 9.17) is 4.74 Å². The van der Waals surface area contributed by atoms with Crippen molar-refractivity contribution < 1.29 is 19.0 Å². The lowest BCUT2D eigenvalue weighted by Gasteiger charge is -2.34. The number of nitrogens with zero attached hydrogens (tertiary/aromatic N) is 1. The number of amides is 1. The summed E-state index contributed by atoms with van der Waals surface area (Å²) in [5.41, 5.74) is 0.0125. The molecule has 2 rings (SSSR count). The number of carbonyl (C=O) groups excluding carboxylic acids is 1. The number of hydrogen-bond acceptors (Lipinski definition) is 3. The Morgan fingerprint density at radius 2 is 2.39 bits per heavy atom. The Morgan fingerprint density at radius 3 is 3.06 bits per heavy atom. The molecular weight excluding hydrogens is 305 g/mol. The first-order valence-corrected chi connectivity index (χ1v) is 6.37. The maximum absolute atomic E-state index is 13.7. The number of halogens is 2. The first-order chi connectivity index (χ1) is 8.63. The zero-order chi connectivity index (χ0) is 13.1. The highest BCUT2D eigenvalue weighted by atomic mass is 79.9. The molecular formula is C12H13BrFNO3. The largest absolute Gasteiger partial charge is 0.394 e. The highest BCUT2D eigenvalue weighted by Gasteiger charge is 2.28. The molecule has 98 valence electrons. The first kappa shape index (κ1) is 13.5. The second kappa shape index (κ2) is 5.77. The van der Waals surface area contributed by atoms with Crippen molar-refractivity contribution in [2.45, 2.75) is 6.04 Å². The molecule has 1 atom stereocenters. The van der Waals surface area contributed by atoms with Crippen LogP contribution in [0.2, 0.25) is 0 Å². The number of carbonyl (C=O) groups is 1. The first-order valence-electron chi connectivity index (χ1n) is 5.58. The molecule has 1 amide bonds. The van der Waals surface area contributed by atoms with E-state index in [0.717, 1.165) is 0 Å². The molecule has 18 heavy (non-hydrogen) atoms. The van der Waals surface area contributed by atoms with Gasteiger partial charge in [0.2, 0.25) is 0 Å². The van der Waals surface area contributed by atoms with Gasteiger partial charge < -0.3 is 14.7 Å². The number of benzene rings is 1. The van der Waals surface area contributed by atoms with Crippen LogP contribution in [-0.4, -0.2) is 48.3 Å². The quantitative estimate of drug-likeness (QED) is 0.897. The number of aliphatic hydroxyl groups is 1. The van der Waals surface area contributed by atoms with Gasteiger partial charge in [-0.25, -0.2) is 4.39 Å². The minimum Gasteiger partial charge on any atom is -0.394 e. The Labute approximate surface area is 112 Å². The van der Waals surface area contributed by atoms with E-state index in [2.05, 4.69) is 15.9 Å². The summed E-state index contributed by atoms with van der Waals surface area (Å²) in [7, 11) is 0. The maximum atomic E-state index is 13.7. The van der Waals surface area contributed by atoms with Crippen LogP contribution in [-0.2, 0) is 4.74 Å². The molecule has 0 bridgehead atoms. The van der Waals surface area contributed by atoms with Gasteiger partial charge >= 0.3 is 0 Å². The van der Waals surface area contributed by atoms with E-state index in [1.54, 1.807) is 6.07 Å². The number of rotatable bonds is 2. The molecule has 1 aromatic rings. The molecule has 0 aliphatic carbocycles. The number of aliphatic hydroxyl groups excluding tert-OH is 1. The second-order valence-corrected chi connectivity index (χ2v) is 4.95. The Balaban J connectivity index is 2.24. The van der Waals surface area contributed by atoms with Crippen molar-refractivity contribution in [2.24, 2.45) is 0 Å². The molecule has 1 saturated heterocycles. The van der Waals surface area contributed by atoms with Gasteiger partial charge in [0.1, 0.15) is 5.82 Å². The van der Waals surface area contributed by atoms with Crippen molar-refractivity contribution in [1.82, 2.24) is 4.90 Å². The summed E-state index contributed by atoms with van der Waals surface area (Å²) >= 11 is 3.14. The van der Waals surface area contributed by atoms with Crippen LogP contribution in [0, 0.1) is 5.82 Å². The molecule has 1 aliphatic rings. The van der Waals surface area contributed by atoms with Gasteiger partial charge in [-0.2, -0.15) is 0 Å². The van der Waals surface area contributed by atoms with E-state index in [1.807, 2.05) is 0 Å². The minimum absolute atomic E-state index is 0.0125. The van der Waals surface area contributed by atoms with Crippen molar-refractivity contribution in [3.8, 4) is 0 Å². The molecule has 1 N–H and O–H groups in total. The van der Waals surface area contributed by atoms with Crippen LogP contribution in [0.1, 0.15) is 10.4 Å². The van der Waals surface area contributed by atoms with Crippen molar-refractivity contribution in [3.63, 3.8) is 0 Å². The SMILES string of the molecule is O=C(c1ccc(Br)cc1F)N1CCOCC1CO. The third-order valence-electron chi connectivity index (χ3n) is 2.86. The fraction of sp³-hybridized carbons (Fsp3) is 0.417. The summed E-state index contributed by atoms with van der Waals surface area (Å²) in [4.78, 5) is 13.7. The van der Waals surface area contributed by atoms with E-state index in [-0.39, 0.29) is 18.8 Å². The Bertz CT molecular complexity index is 455. The van der Waals surface area contributed by atoms with E-state index in [9.17, 15) is 14.3 Å². The smallest absolute Gasteiger partial charge is 0.257 e. The lowest BCUT2D eigenvalue weighted by Crippen LogP contribution is -2.50. The number of morpholine rings is 1. The van der Waals surface area contributed by atoms with Crippen molar-refractivity contribution >= 4 is 21.8 Å². The lowest BCUT2D eigenvalue weighted by atomic mass is 10.1. The van der Waals surface area contributed by atoms with Crippen molar-refractivity contribution in [1.29, 1.82) is 0 Å². The lowest BCUT2D eigenvalue weighted by molar-refractivity contribution is -0.0185. The van der Waals surface area contributed by atoms with Crippen LogP contribution >= 0.6 is 15.9 Å². The maximum Gasteiger partial charge on any atom is 0.257 e. The van der Waals surface area contributed by atoms with Gasteiger partial charge in [0.25, 0.3) is 5.91 Å². The molecule has 1 aliphatic heterocycles. The van der Waals surface area contributed by atoms with Gasteiger partial charge in [0, 0.05) is 11.0 Å². The molecule has 1 fully saturated rings. The Morgan fingerprint density at radius 1 is 1.61 bits per heavy atom. The van der Waals surface area contributed by atoms with Crippen LogP contribution in [0.5, 0.6) is 0 Å². The zero-order valence-electron chi connectivity index (χ0n) is 9.60. The summed E-state index contributed by atoms with van der Waals surface area (Å²) < 4.78 is 19.5. The standard InChI is InChI=1S/C12H13BrFNO3/c13-8-1-2-10(11(14)5-8)12(17)15-3-4-18-7-9(15)6-16/h1-2,5,9,16H,3-4,6-7H2. The molecule has 1 unspecified atom stereocenters. The topological polar surface area (TPSA) is 49.8 Å². The average Bonchev–Trinajstić information content (AvgIpc) is 2.38. The summed E-state index contributed by atoms with van der Waals surface area (Å²) in [5.74, 6) is -0.986. The number of hydrogen-bond donors (Lipinski definition) is 1. The van der Waals surface area contributed by atoms with Crippen molar-refractivity contribution in [3.05, 3.63) is 34.1 Å². The average molecular weight is 318 g/mol. The van der Waals surface area contributed by atoms with Crippen LogP contribution < -0.4 is 0 Å². The monoisotopic (exact) mass is 317 g/mol. The van der Waals surface area contributed by atoms with Crippen LogP contribution in [0.15, 0.2) is 22.7 Å². The van der Waals surface area contributed by atoms with Gasteiger partial charge in [-0.05, 0) is 18.2 Å². The van der Waals surface area contributed by atoms with Crippen molar-refractivity contribution in [2.75, 3.05) is 26.4 Å². The third kappa shape index (κ3) is 2.71. The molecule has 6 heteroatoms. The summed E-state index contributed by atoms with van der Waals surface area (Å²) in [6.07, 6.45) is 0. The van der Waals surface area contributed by atoms with E-state index >= 15 is 0 Å². The summed E-state index contributed by atoms with van der Waals surface area (Å²) in [6.45, 7) is 0.851. The van der Waals surface area contributed by atoms with Gasteiger partial charge in [0.15, 0.2) is 0 Å². The highest BCUT2D eigenvalue weighted by molar-refractivity contribution is 9.10. The fourth-order valence-corrected chi connectivity index (χ4v) is 2.22. The van der Waals surface area contributed by atoms with Gasteiger partial charge in [-0.15, -0.1) is 0 Å². The zero-order valence-corrected chi connectivity index (χ0v) is 11.2. The normalized spacial score (nSPS) is 19.9. The van der Waals surface area contributed by atoms with Gasteiger partial charge in [0.05, 0.1) is 31.4 Å². The summed E-state index contributed by atoms with van der Waals surface area (Å²) in [5, 5.41) is 9.20. The van der Waals surface area contributed by atoms with Gasteiger partial charge in [-0.3, -0.25) is 4.79 Å². The molecule has 0 saturated carbocycles. The summed E-state index contributed by atoms with van der Waals surface area (Å²) in [6, 6.07) is 3.90. The van der Waals surface area contributed by atoms with Crippen LogP contribution in [0.3, 0.4) is 0 Å². The molecule has 0 spiro atoms. The molecule has 1 aromatic carbocycles. The van der Waals surface area contributed by atoms with Crippen LogP contribution in [0.25, 0.3) is 0 Å². The van der Waals surface area contributed by atoms with Gasteiger partial charge in [-0.1, -0.05) is 15.9 Å². The fourth-order valence-electron chi connectivity index (χ4n) is 1.89. The van der Waals surface area contributed by atoms with E-state index < -0.39 is 17.8 Å². The predicted octanol–water partition coefficient (Wildman–Crippen LogP) is 1.42. The number of ether oxygens (including phenoxy) is 1. The molecule has 4 nitrogen and oxygen atoms in total. The minimum atomic E-state index is -0.572. The van der Waals surface area contributed by atoms with Crippen LogP contribution in [0.4, 0.5) is 4.39 Å². The Hall–Kier alpha value is -0.980. The van der Waals surface area contributed by atoms with E-state index in [0.29, 0.717) is 17.6 Å². The predicted molar refractivity (Wildman–Crippen MR) is 66.8 cm³/mol. The molecule has 1 heterocycles. The molecule has 0 aromatic heterocycles. The molecule has 0 radical (unpaired) electrons. The highest BCUT2D eigenvalue weighted by Crippen LogP contribution is 2.19. The van der Waals surface area contributed by atoms with E-state index in [1.165, 1.54) is 17.0 Å². The third-order valence-corrected chi connectivity index (χ3v) is 3.35.